The van der Waals surface area contributed by atoms with Crippen LogP contribution in [0.2, 0.25) is 0 Å². The van der Waals surface area contributed by atoms with E-state index < -0.39 is 0 Å². The molecule has 0 aliphatic carbocycles. The minimum atomic E-state index is 0.0423. The van der Waals surface area contributed by atoms with Crippen molar-refractivity contribution >= 4 is 22.6 Å². The Labute approximate surface area is 107 Å². The molecule has 3 nitrogen and oxygen atoms in total. The fourth-order valence-corrected chi connectivity index (χ4v) is 2.38. The van der Waals surface area contributed by atoms with E-state index in [0.717, 1.165) is 23.0 Å². The molecule has 1 N–H and O–H groups in total. The van der Waals surface area contributed by atoms with Crippen LogP contribution in [0.15, 0.2) is 18.2 Å². The number of aromatic nitrogens is 3. The van der Waals surface area contributed by atoms with Crippen molar-refractivity contribution in [2.75, 3.05) is 0 Å². The van der Waals surface area contributed by atoms with E-state index in [4.69, 9.17) is 11.6 Å². The zero-order valence-corrected chi connectivity index (χ0v) is 10.9. The second kappa shape index (κ2) is 6.01. The van der Waals surface area contributed by atoms with Gasteiger partial charge in [0.1, 0.15) is 11.0 Å². The van der Waals surface area contributed by atoms with E-state index in [2.05, 4.69) is 22.3 Å². The zero-order valence-electron chi connectivity index (χ0n) is 10.1. The molecule has 1 aromatic heterocycles. The standard InChI is InChI=1S/C13H18ClN3/c1-2-3-4-5-8-11(14)10-7-6-9-12-13(10)16-17-15-12/h6-7,9,11H,2-5,8H2,1H3,(H,15,16,17). The van der Waals surface area contributed by atoms with Gasteiger partial charge in [-0.25, -0.2) is 0 Å². The SMILES string of the molecule is CCCCCCC(Cl)c1cccc2n[nH]nc12. The van der Waals surface area contributed by atoms with Gasteiger partial charge in [0.15, 0.2) is 0 Å². The van der Waals surface area contributed by atoms with Crippen LogP contribution in [-0.4, -0.2) is 15.4 Å². The topological polar surface area (TPSA) is 41.6 Å². The second-order valence-electron chi connectivity index (χ2n) is 4.36. The molecular weight excluding hydrogens is 234 g/mol. The number of alkyl halides is 1. The fourth-order valence-electron chi connectivity index (χ4n) is 2.05. The predicted octanol–water partition coefficient (Wildman–Crippen LogP) is 4.21. The van der Waals surface area contributed by atoms with Gasteiger partial charge in [0, 0.05) is 0 Å². The lowest BCUT2D eigenvalue weighted by Gasteiger charge is -2.09. The Balaban J connectivity index is 2.03. The molecule has 0 saturated heterocycles. The summed E-state index contributed by atoms with van der Waals surface area (Å²) in [6.07, 6.45) is 5.99. The van der Waals surface area contributed by atoms with Crippen molar-refractivity contribution in [1.29, 1.82) is 0 Å². The van der Waals surface area contributed by atoms with Gasteiger partial charge in [0.2, 0.25) is 0 Å². The predicted molar refractivity (Wildman–Crippen MR) is 71.2 cm³/mol. The third-order valence-electron chi connectivity index (χ3n) is 3.03. The maximum atomic E-state index is 6.44. The zero-order chi connectivity index (χ0) is 12.1. The maximum Gasteiger partial charge on any atom is 0.117 e. The van der Waals surface area contributed by atoms with Crippen molar-refractivity contribution < 1.29 is 0 Å². The normalized spacial score (nSPS) is 13.1. The Morgan fingerprint density at radius 3 is 2.94 bits per heavy atom. The number of H-pyrrole nitrogens is 1. The first kappa shape index (κ1) is 12.4. The number of hydrogen-bond donors (Lipinski definition) is 1. The van der Waals surface area contributed by atoms with Crippen LogP contribution in [0.3, 0.4) is 0 Å². The van der Waals surface area contributed by atoms with Crippen molar-refractivity contribution in [2.45, 2.75) is 44.4 Å². The molecule has 1 aromatic carbocycles. The van der Waals surface area contributed by atoms with Crippen LogP contribution in [0.5, 0.6) is 0 Å². The Morgan fingerprint density at radius 2 is 2.12 bits per heavy atom. The van der Waals surface area contributed by atoms with Gasteiger partial charge < -0.3 is 0 Å². The smallest absolute Gasteiger partial charge is 0.117 e. The molecule has 1 heterocycles. The van der Waals surface area contributed by atoms with Crippen molar-refractivity contribution in [3.63, 3.8) is 0 Å². The lowest BCUT2D eigenvalue weighted by molar-refractivity contribution is 0.625. The first-order chi connectivity index (χ1) is 8.33. The number of hydrogen-bond acceptors (Lipinski definition) is 2. The highest BCUT2D eigenvalue weighted by molar-refractivity contribution is 6.21. The van der Waals surface area contributed by atoms with E-state index >= 15 is 0 Å². The van der Waals surface area contributed by atoms with Gasteiger partial charge in [0.25, 0.3) is 0 Å². The highest BCUT2D eigenvalue weighted by Crippen LogP contribution is 2.30. The molecule has 0 aliphatic heterocycles. The van der Waals surface area contributed by atoms with Crippen LogP contribution >= 0.6 is 11.6 Å². The van der Waals surface area contributed by atoms with Crippen LogP contribution in [0.1, 0.15) is 50.0 Å². The molecule has 2 aromatic rings. The molecule has 1 unspecified atom stereocenters. The number of para-hydroxylation sites is 1. The second-order valence-corrected chi connectivity index (χ2v) is 4.88. The van der Waals surface area contributed by atoms with Gasteiger partial charge >= 0.3 is 0 Å². The summed E-state index contributed by atoms with van der Waals surface area (Å²) in [6.45, 7) is 2.22. The summed E-state index contributed by atoms with van der Waals surface area (Å²) in [7, 11) is 0. The van der Waals surface area contributed by atoms with Gasteiger partial charge in [-0.1, -0.05) is 44.7 Å². The van der Waals surface area contributed by atoms with Crippen molar-refractivity contribution in [2.24, 2.45) is 0 Å². The lowest BCUT2D eigenvalue weighted by atomic mass is 10.0. The highest BCUT2D eigenvalue weighted by Gasteiger charge is 2.13. The molecule has 0 amide bonds. The molecule has 0 spiro atoms. The van der Waals surface area contributed by atoms with E-state index in [0.29, 0.717) is 0 Å². The third kappa shape index (κ3) is 2.97. The third-order valence-corrected chi connectivity index (χ3v) is 3.48. The molecule has 0 bridgehead atoms. The van der Waals surface area contributed by atoms with Crippen molar-refractivity contribution in [3.05, 3.63) is 23.8 Å². The van der Waals surface area contributed by atoms with Crippen molar-refractivity contribution in [1.82, 2.24) is 15.4 Å². The molecule has 1 atom stereocenters. The monoisotopic (exact) mass is 251 g/mol. The molecule has 0 saturated carbocycles. The number of benzene rings is 1. The van der Waals surface area contributed by atoms with Crippen LogP contribution in [0.25, 0.3) is 11.0 Å². The minimum Gasteiger partial charge on any atom is -0.197 e. The molecule has 92 valence electrons. The number of halogens is 1. The van der Waals surface area contributed by atoms with Gasteiger partial charge in [-0.05, 0) is 18.1 Å². The first-order valence-electron chi connectivity index (χ1n) is 6.26. The summed E-state index contributed by atoms with van der Waals surface area (Å²) >= 11 is 6.44. The van der Waals surface area contributed by atoms with Crippen LogP contribution in [-0.2, 0) is 0 Å². The summed E-state index contributed by atoms with van der Waals surface area (Å²) in [6, 6.07) is 5.98. The lowest BCUT2D eigenvalue weighted by Crippen LogP contribution is -1.92. The number of rotatable bonds is 6. The van der Waals surface area contributed by atoms with Gasteiger partial charge in [-0.15, -0.1) is 11.6 Å². The number of unbranched alkanes of at least 4 members (excludes halogenated alkanes) is 3. The van der Waals surface area contributed by atoms with Gasteiger partial charge in [0.05, 0.1) is 5.38 Å². The van der Waals surface area contributed by atoms with E-state index in [-0.39, 0.29) is 5.38 Å². The molecule has 17 heavy (non-hydrogen) atoms. The fraction of sp³-hybridized carbons (Fsp3) is 0.538. The summed E-state index contributed by atoms with van der Waals surface area (Å²) in [5, 5.41) is 10.9. The maximum absolute atomic E-state index is 6.44. The Hall–Kier alpha value is -1.09. The average Bonchev–Trinajstić information content (AvgIpc) is 2.82. The average molecular weight is 252 g/mol. The van der Waals surface area contributed by atoms with E-state index in [9.17, 15) is 0 Å². The minimum absolute atomic E-state index is 0.0423. The summed E-state index contributed by atoms with van der Waals surface area (Å²) in [4.78, 5) is 0. The first-order valence-corrected chi connectivity index (χ1v) is 6.70. The Kier molecular flexibility index (Phi) is 4.37. The quantitative estimate of drug-likeness (QED) is 0.617. The Morgan fingerprint density at radius 1 is 1.24 bits per heavy atom. The van der Waals surface area contributed by atoms with E-state index in [1.54, 1.807) is 0 Å². The largest absolute Gasteiger partial charge is 0.197 e. The highest BCUT2D eigenvalue weighted by atomic mass is 35.5. The van der Waals surface area contributed by atoms with Crippen LogP contribution < -0.4 is 0 Å². The van der Waals surface area contributed by atoms with E-state index in [1.807, 2.05) is 18.2 Å². The number of fused-ring (bicyclic) bond motifs is 1. The van der Waals surface area contributed by atoms with E-state index in [1.165, 1.54) is 25.7 Å². The summed E-state index contributed by atoms with van der Waals surface area (Å²) in [5.74, 6) is 0. The van der Waals surface area contributed by atoms with Crippen LogP contribution in [0.4, 0.5) is 0 Å². The number of aromatic amines is 1. The number of nitrogens with one attached hydrogen (secondary N) is 1. The number of nitrogens with zero attached hydrogens (tertiary/aromatic N) is 2. The van der Waals surface area contributed by atoms with Crippen LogP contribution in [0, 0.1) is 0 Å². The summed E-state index contributed by atoms with van der Waals surface area (Å²) < 4.78 is 0. The summed E-state index contributed by atoms with van der Waals surface area (Å²) in [5.41, 5.74) is 2.89. The molecule has 0 radical (unpaired) electrons. The molecule has 4 heteroatoms. The van der Waals surface area contributed by atoms with Gasteiger partial charge in [-0.2, -0.15) is 15.4 Å². The Bertz CT molecular complexity index is 466. The van der Waals surface area contributed by atoms with Gasteiger partial charge in [-0.3, -0.25) is 0 Å². The van der Waals surface area contributed by atoms with Crippen molar-refractivity contribution in [3.8, 4) is 0 Å². The molecule has 2 rings (SSSR count). The molecule has 0 fully saturated rings. The molecule has 0 aliphatic rings. The molecular formula is C13H18ClN3.